The minimum Gasteiger partial charge on any atom is -0.339 e. The molecule has 0 radical (unpaired) electrons. The Hall–Kier alpha value is -2.22. The first-order valence-electron chi connectivity index (χ1n) is 8.38. The van der Waals surface area contributed by atoms with Gasteiger partial charge in [0.05, 0.1) is 11.9 Å². The van der Waals surface area contributed by atoms with Crippen LogP contribution in [-0.2, 0) is 4.79 Å². The molecule has 1 aliphatic carbocycles. The Bertz CT molecular complexity index is 809. The van der Waals surface area contributed by atoms with Gasteiger partial charge in [-0.1, -0.05) is 27.2 Å². The Morgan fingerprint density at radius 1 is 1.08 bits per heavy atom. The second kappa shape index (κ2) is 6.59. The molecule has 8 heteroatoms. The summed E-state index contributed by atoms with van der Waals surface area (Å²) in [6.45, 7) is 2.28. The zero-order valence-electron chi connectivity index (χ0n) is 13.6. The number of carbonyl (C=O) groups excluding carboxylic acids is 2. The molecule has 130 valence electrons. The minimum atomic E-state index is -0.139. The molecule has 2 amide bonds. The van der Waals surface area contributed by atoms with E-state index in [0.717, 1.165) is 23.0 Å². The van der Waals surface area contributed by atoms with E-state index in [1.807, 2.05) is 29.2 Å². The van der Waals surface area contributed by atoms with Crippen molar-refractivity contribution < 1.29 is 9.59 Å². The zero-order valence-corrected chi connectivity index (χ0v) is 15.2. The summed E-state index contributed by atoms with van der Waals surface area (Å²) in [6.07, 6.45) is 3.67. The molecular weight excluding hydrogens is 386 g/mol. The Morgan fingerprint density at radius 2 is 1.80 bits per heavy atom. The topological polar surface area (TPSA) is 71.3 Å². The monoisotopic (exact) mass is 403 g/mol. The van der Waals surface area contributed by atoms with Gasteiger partial charge in [0.2, 0.25) is 5.91 Å². The molecule has 2 aromatic rings. The largest absolute Gasteiger partial charge is 0.339 e. The average molecular weight is 404 g/mol. The third-order valence-electron chi connectivity index (χ3n) is 4.59. The Kier molecular flexibility index (Phi) is 4.29. The van der Waals surface area contributed by atoms with Gasteiger partial charge in [-0.3, -0.25) is 9.59 Å². The number of benzene rings is 1. The summed E-state index contributed by atoms with van der Waals surface area (Å²) >= 11 is 3.42. The SMILES string of the molecule is O=C(c1cn(-c2cccc(Br)c2)nn1)N1CCN(C(=O)C2CC2)CC1. The van der Waals surface area contributed by atoms with Crippen LogP contribution in [0.5, 0.6) is 0 Å². The normalized spacial score (nSPS) is 17.6. The van der Waals surface area contributed by atoms with Gasteiger partial charge in [0.25, 0.3) is 5.91 Å². The predicted octanol–water partition coefficient (Wildman–Crippen LogP) is 1.72. The summed E-state index contributed by atoms with van der Waals surface area (Å²) < 4.78 is 2.52. The smallest absolute Gasteiger partial charge is 0.276 e. The molecule has 0 unspecified atom stereocenters. The molecule has 1 aromatic carbocycles. The van der Waals surface area contributed by atoms with Gasteiger partial charge in [-0.2, -0.15) is 0 Å². The third kappa shape index (κ3) is 3.44. The summed E-state index contributed by atoms with van der Waals surface area (Å²) in [5, 5.41) is 8.07. The standard InChI is InChI=1S/C17H18BrN5O2/c18-13-2-1-3-14(10-13)23-11-15(19-20-23)17(25)22-8-6-21(7-9-22)16(24)12-4-5-12/h1-3,10-12H,4-9H2. The van der Waals surface area contributed by atoms with Crippen LogP contribution in [0, 0.1) is 5.92 Å². The number of hydrogen-bond acceptors (Lipinski definition) is 4. The first-order valence-corrected chi connectivity index (χ1v) is 9.17. The number of hydrogen-bond donors (Lipinski definition) is 0. The lowest BCUT2D eigenvalue weighted by molar-refractivity contribution is -0.134. The van der Waals surface area contributed by atoms with Crippen LogP contribution in [0.4, 0.5) is 0 Å². The maximum Gasteiger partial charge on any atom is 0.276 e. The van der Waals surface area contributed by atoms with Crippen LogP contribution >= 0.6 is 15.9 Å². The van der Waals surface area contributed by atoms with Crippen LogP contribution < -0.4 is 0 Å². The van der Waals surface area contributed by atoms with Crippen molar-refractivity contribution in [2.45, 2.75) is 12.8 Å². The average Bonchev–Trinajstić information content (AvgIpc) is 3.37. The van der Waals surface area contributed by atoms with E-state index in [9.17, 15) is 9.59 Å². The Morgan fingerprint density at radius 3 is 2.48 bits per heavy atom. The molecule has 2 aliphatic rings. The van der Waals surface area contributed by atoms with Crippen molar-refractivity contribution in [1.82, 2.24) is 24.8 Å². The second-order valence-electron chi connectivity index (χ2n) is 6.42. The highest BCUT2D eigenvalue weighted by Gasteiger charge is 2.35. The molecular formula is C17H18BrN5O2. The van der Waals surface area contributed by atoms with Gasteiger partial charge in [-0.05, 0) is 31.0 Å². The van der Waals surface area contributed by atoms with E-state index in [2.05, 4.69) is 26.2 Å². The fourth-order valence-corrected chi connectivity index (χ4v) is 3.37. The maximum atomic E-state index is 12.6. The molecule has 25 heavy (non-hydrogen) atoms. The van der Waals surface area contributed by atoms with E-state index in [1.54, 1.807) is 15.8 Å². The zero-order chi connectivity index (χ0) is 17.4. The summed E-state index contributed by atoms with van der Waals surface area (Å²) in [5.74, 6) is 0.333. The van der Waals surface area contributed by atoms with Gasteiger partial charge in [0, 0.05) is 36.6 Å². The molecule has 7 nitrogen and oxygen atoms in total. The number of piperazine rings is 1. The molecule has 2 heterocycles. The summed E-state index contributed by atoms with van der Waals surface area (Å²) in [4.78, 5) is 28.3. The van der Waals surface area contributed by atoms with Crippen molar-refractivity contribution in [2.24, 2.45) is 5.92 Å². The lowest BCUT2D eigenvalue weighted by atomic mass is 10.2. The molecule has 0 spiro atoms. The lowest BCUT2D eigenvalue weighted by Crippen LogP contribution is -2.51. The van der Waals surface area contributed by atoms with Crippen molar-refractivity contribution in [1.29, 1.82) is 0 Å². The molecule has 1 aromatic heterocycles. The molecule has 0 bridgehead atoms. The second-order valence-corrected chi connectivity index (χ2v) is 7.34. The van der Waals surface area contributed by atoms with Crippen LogP contribution in [-0.4, -0.2) is 62.8 Å². The molecule has 1 aliphatic heterocycles. The number of nitrogens with zero attached hydrogens (tertiary/aromatic N) is 5. The molecule has 2 fully saturated rings. The van der Waals surface area contributed by atoms with E-state index in [1.165, 1.54) is 0 Å². The number of rotatable bonds is 3. The van der Waals surface area contributed by atoms with Crippen LogP contribution in [0.15, 0.2) is 34.9 Å². The van der Waals surface area contributed by atoms with Crippen molar-refractivity contribution in [3.63, 3.8) is 0 Å². The molecule has 1 saturated heterocycles. The summed E-state index contributed by atoms with van der Waals surface area (Å²) in [5.41, 5.74) is 1.16. The van der Waals surface area contributed by atoms with Crippen LogP contribution in [0.3, 0.4) is 0 Å². The van der Waals surface area contributed by atoms with Crippen LogP contribution in [0.1, 0.15) is 23.3 Å². The van der Waals surface area contributed by atoms with Crippen molar-refractivity contribution in [3.05, 3.63) is 40.6 Å². The number of amides is 2. The van der Waals surface area contributed by atoms with Gasteiger partial charge in [-0.25, -0.2) is 4.68 Å². The third-order valence-corrected chi connectivity index (χ3v) is 5.08. The van der Waals surface area contributed by atoms with E-state index in [-0.39, 0.29) is 17.7 Å². The maximum absolute atomic E-state index is 12.6. The Balaban J connectivity index is 1.41. The van der Waals surface area contributed by atoms with Gasteiger partial charge >= 0.3 is 0 Å². The summed E-state index contributed by atoms with van der Waals surface area (Å²) in [6, 6.07) is 7.63. The van der Waals surface area contributed by atoms with Gasteiger partial charge in [0.1, 0.15) is 0 Å². The summed E-state index contributed by atoms with van der Waals surface area (Å²) in [7, 11) is 0. The van der Waals surface area contributed by atoms with Gasteiger partial charge in [0.15, 0.2) is 5.69 Å². The van der Waals surface area contributed by atoms with Crippen molar-refractivity contribution in [3.8, 4) is 5.69 Å². The fourth-order valence-electron chi connectivity index (χ4n) is 2.99. The first-order chi connectivity index (χ1) is 12.1. The molecule has 0 N–H and O–H groups in total. The number of carbonyl (C=O) groups is 2. The highest BCUT2D eigenvalue weighted by Crippen LogP contribution is 2.31. The highest BCUT2D eigenvalue weighted by molar-refractivity contribution is 9.10. The lowest BCUT2D eigenvalue weighted by Gasteiger charge is -2.34. The molecule has 0 atom stereocenters. The molecule has 1 saturated carbocycles. The predicted molar refractivity (Wildman–Crippen MR) is 94.3 cm³/mol. The first kappa shape index (κ1) is 16.3. The van der Waals surface area contributed by atoms with E-state index in [0.29, 0.717) is 31.9 Å². The number of halogens is 1. The van der Waals surface area contributed by atoms with Gasteiger partial charge < -0.3 is 9.80 Å². The number of aromatic nitrogens is 3. The van der Waals surface area contributed by atoms with Crippen LogP contribution in [0.2, 0.25) is 0 Å². The van der Waals surface area contributed by atoms with Crippen molar-refractivity contribution >= 4 is 27.7 Å². The van der Waals surface area contributed by atoms with Gasteiger partial charge in [-0.15, -0.1) is 5.10 Å². The van der Waals surface area contributed by atoms with Crippen LogP contribution in [0.25, 0.3) is 5.69 Å². The minimum absolute atomic E-state index is 0.139. The molecule has 4 rings (SSSR count). The van der Waals surface area contributed by atoms with E-state index in [4.69, 9.17) is 0 Å². The van der Waals surface area contributed by atoms with Crippen molar-refractivity contribution in [2.75, 3.05) is 26.2 Å². The Labute approximate surface area is 153 Å². The quantitative estimate of drug-likeness (QED) is 0.781. The van der Waals surface area contributed by atoms with E-state index >= 15 is 0 Å². The highest BCUT2D eigenvalue weighted by atomic mass is 79.9. The fraction of sp³-hybridized carbons (Fsp3) is 0.412. The van der Waals surface area contributed by atoms with E-state index < -0.39 is 0 Å².